The summed E-state index contributed by atoms with van der Waals surface area (Å²) in [6, 6.07) is 11.7. The summed E-state index contributed by atoms with van der Waals surface area (Å²) in [5, 5.41) is 7.72. The van der Waals surface area contributed by atoms with E-state index >= 15 is 0 Å². The van der Waals surface area contributed by atoms with Gasteiger partial charge in [-0.1, -0.05) is 44.1 Å². The van der Waals surface area contributed by atoms with Crippen molar-refractivity contribution in [3.05, 3.63) is 82.0 Å². The van der Waals surface area contributed by atoms with Crippen molar-refractivity contribution < 1.29 is 18.8 Å². The molecular weight excluding hydrogens is 648 g/mol. The molecule has 1 aliphatic heterocycles. The summed E-state index contributed by atoms with van der Waals surface area (Å²) in [6.45, 7) is 17.8. The number of pyridine rings is 2. The first-order chi connectivity index (χ1) is 24.0. The first-order valence-corrected chi connectivity index (χ1v) is 17.2. The van der Waals surface area contributed by atoms with Crippen molar-refractivity contribution in [2.75, 3.05) is 31.1 Å². The van der Waals surface area contributed by atoms with E-state index in [0.717, 1.165) is 44.7 Å². The van der Waals surface area contributed by atoms with E-state index in [2.05, 4.69) is 31.4 Å². The molecule has 1 atom stereocenters. The molecule has 0 bridgehead atoms. The van der Waals surface area contributed by atoms with E-state index in [1.165, 1.54) is 0 Å². The lowest BCUT2D eigenvalue weighted by atomic mass is 9.95. The number of fused-ring (bicyclic) bond motifs is 1. The van der Waals surface area contributed by atoms with Crippen molar-refractivity contribution in [2.45, 2.75) is 72.4 Å². The fraction of sp³-hybridized carbons (Fsp3) is 0.421. The number of aryl methyl sites for hydroxylation is 2. The summed E-state index contributed by atoms with van der Waals surface area (Å²) in [5.74, 6) is 0.789. The van der Waals surface area contributed by atoms with E-state index in [4.69, 9.17) is 14.2 Å². The molecule has 13 nitrogen and oxygen atoms in total. The molecule has 0 radical (unpaired) electrons. The van der Waals surface area contributed by atoms with Crippen LogP contribution in [0.2, 0.25) is 0 Å². The number of nitrogens with one attached hydrogen (secondary N) is 2. The molecule has 2 amide bonds. The SMILES string of the molecule is Cc1cc(-c2cn(C)c(=O)c3[nH]c(-c4ccc(N5CCN(C(=O)OC(C)(C)C)CC5)nc4)cc23)ccc1[C@@H](C)NC(=O)c1nc(C(C)(C)C)no1. The standard InChI is InChI=1S/C38H46N8O5/c1-22-18-24(10-12-26(22)23(2)40-32(47)33-42-35(43-51-33)37(3,4)5)28-21-44(9)34(48)31-27(28)19-29(41-31)25-11-13-30(39-20-25)45-14-16-46(17-15-45)36(49)50-38(6,7)8/h10-13,18-21,23,41H,14-17H2,1-9H3,(H,40,47)/t23-/m1/s1. The Labute approximate surface area is 297 Å². The van der Waals surface area contributed by atoms with Crippen LogP contribution in [-0.4, -0.2) is 73.4 Å². The van der Waals surface area contributed by atoms with E-state index < -0.39 is 11.5 Å². The predicted molar refractivity (Wildman–Crippen MR) is 196 cm³/mol. The molecule has 51 heavy (non-hydrogen) atoms. The number of ether oxygens (including phenoxy) is 1. The van der Waals surface area contributed by atoms with Crippen LogP contribution in [0, 0.1) is 6.92 Å². The molecule has 1 saturated heterocycles. The molecule has 6 rings (SSSR count). The molecule has 1 aliphatic rings. The minimum absolute atomic E-state index is 0.0696. The van der Waals surface area contributed by atoms with E-state index in [-0.39, 0.29) is 29.0 Å². The highest BCUT2D eigenvalue weighted by Gasteiger charge is 2.27. The highest BCUT2D eigenvalue weighted by molar-refractivity contribution is 5.97. The fourth-order valence-electron chi connectivity index (χ4n) is 6.18. The lowest BCUT2D eigenvalue weighted by molar-refractivity contribution is 0.0240. The Morgan fingerprint density at radius 1 is 1.00 bits per heavy atom. The number of carbonyl (C=O) groups excluding carboxylic acids is 2. The van der Waals surface area contributed by atoms with Gasteiger partial charge in [-0.2, -0.15) is 4.98 Å². The third-order valence-corrected chi connectivity index (χ3v) is 8.97. The highest BCUT2D eigenvalue weighted by atomic mass is 16.6. The van der Waals surface area contributed by atoms with Gasteiger partial charge in [-0.15, -0.1) is 0 Å². The molecule has 0 saturated carbocycles. The maximum Gasteiger partial charge on any atom is 0.410 e. The number of rotatable bonds is 6. The average Bonchev–Trinajstić information content (AvgIpc) is 3.75. The Morgan fingerprint density at radius 3 is 2.31 bits per heavy atom. The molecule has 1 aromatic carbocycles. The zero-order chi connectivity index (χ0) is 36.8. The first kappa shape index (κ1) is 35.4. The number of amides is 2. The van der Waals surface area contributed by atoms with Crippen LogP contribution in [0.4, 0.5) is 10.6 Å². The van der Waals surface area contributed by atoms with Crippen molar-refractivity contribution in [1.29, 1.82) is 0 Å². The van der Waals surface area contributed by atoms with Crippen molar-refractivity contribution in [1.82, 2.24) is 34.9 Å². The zero-order valence-electron chi connectivity index (χ0n) is 30.7. The summed E-state index contributed by atoms with van der Waals surface area (Å²) in [6.07, 6.45) is 3.36. The topological polar surface area (TPSA) is 151 Å². The first-order valence-electron chi connectivity index (χ1n) is 17.2. The second kappa shape index (κ2) is 13.3. The van der Waals surface area contributed by atoms with E-state index in [0.29, 0.717) is 37.5 Å². The normalized spacial score (nSPS) is 14.5. The van der Waals surface area contributed by atoms with E-state index in [9.17, 15) is 14.4 Å². The Balaban J connectivity index is 1.19. The predicted octanol–water partition coefficient (Wildman–Crippen LogP) is 6.13. The Bertz CT molecular complexity index is 2140. The summed E-state index contributed by atoms with van der Waals surface area (Å²) >= 11 is 0. The number of piperazine rings is 1. The van der Waals surface area contributed by atoms with Crippen LogP contribution >= 0.6 is 0 Å². The van der Waals surface area contributed by atoms with Crippen LogP contribution < -0.4 is 15.8 Å². The highest BCUT2D eigenvalue weighted by Crippen LogP contribution is 2.33. The van der Waals surface area contributed by atoms with Gasteiger partial charge in [-0.05, 0) is 69.5 Å². The summed E-state index contributed by atoms with van der Waals surface area (Å²) in [4.78, 5) is 54.9. The monoisotopic (exact) mass is 694 g/mol. The average molecular weight is 695 g/mol. The largest absolute Gasteiger partial charge is 0.444 e. The quantitative estimate of drug-likeness (QED) is 0.214. The van der Waals surface area contributed by atoms with Crippen molar-refractivity contribution in [2.24, 2.45) is 7.05 Å². The third kappa shape index (κ3) is 7.52. The van der Waals surface area contributed by atoms with Gasteiger partial charge in [0, 0.05) is 73.2 Å². The van der Waals surface area contributed by atoms with Gasteiger partial charge in [0.05, 0.1) is 6.04 Å². The molecule has 5 heterocycles. The van der Waals surface area contributed by atoms with Gasteiger partial charge in [-0.25, -0.2) is 9.78 Å². The number of nitrogens with zero attached hydrogens (tertiary/aromatic N) is 6. The molecular formula is C38H46N8O5. The Morgan fingerprint density at radius 2 is 1.71 bits per heavy atom. The number of hydrogen-bond acceptors (Lipinski definition) is 9. The summed E-state index contributed by atoms with van der Waals surface area (Å²) in [7, 11) is 1.74. The molecule has 0 aliphatic carbocycles. The minimum Gasteiger partial charge on any atom is -0.444 e. The van der Waals surface area contributed by atoms with E-state index in [1.54, 1.807) is 22.7 Å². The Kier molecular flexibility index (Phi) is 9.26. The van der Waals surface area contributed by atoms with Crippen LogP contribution in [0.5, 0.6) is 0 Å². The van der Waals surface area contributed by atoms with Gasteiger partial charge in [0.1, 0.15) is 16.9 Å². The maximum absolute atomic E-state index is 13.3. The second-order valence-corrected chi connectivity index (χ2v) is 15.2. The molecule has 2 N–H and O–H groups in total. The molecule has 4 aromatic heterocycles. The van der Waals surface area contributed by atoms with Gasteiger partial charge in [0.25, 0.3) is 5.56 Å². The van der Waals surface area contributed by atoms with Crippen LogP contribution in [0.1, 0.15) is 82.1 Å². The number of anilines is 1. The van der Waals surface area contributed by atoms with Crippen LogP contribution in [-0.2, 0) is 17.2 Å². The number of hydrogen-bond donors (Lipinski definition) is 2. The van der Waals surface area contributed by atoms with Gasteiger partial charge < -0.3 is 33.9 Å². The van der Waals surface area contributed by atoms with Crippen LogP contribution in [0.3, 0.4) is 0 Å². The lowest BCUT2D eigenvalue weighted by Gasteiger charge is -2.36. The lowest BCUT2D eigenvalue weighted by Crippen LogP contribution is -2.50. The molecule has 0 spiro atoms. The number of carbonyl (C=O) groups is 2. The Hall–Kier alpha value is -5.46. The second-order valence-electron chi connectivity index (χ2n) is 15.2. The molecule has 1 fully saturated rings. The molecule has 13 heteroatoms. The van der Waals surface area contributed by atoms with Gasteiger partial charge in [0.2, 0.25) is 0 Å². The smallest absolute Gasteiger partial charge is 0.410 e. The zero-order valence-corrected chi connectivity index (χ0v) is 30.7. The van der Waals surface area contributed by atoms with Gasteiger partial charge >= 0.3 is 17.9 Å². The number of benzene rings is 1. The van der Waals surface area contributed by atoms with Crippen LogP contribution in [0.15, 0.2) is 58.1 Å². The summed E-state index contributed by atoms with van der Waals surface area (Å²) < 4.78 is 12.3. The van der Waals surface area contributed by atoms with Crippen molar-refractivity contribution >= 4 is 28.7 Å². The fourth-order valence-corrected chi connectivity index (χ4v) is 6.18. The van der Waals surface area contributed by atoms with Crippen LogP contribution in [0.25, 0.3) is 33.3 Å². The van der Waals surface area contributed by atoms with Gasteiger partial charge in [0.15, 0.2) is 5.82 Å². The van der Waals surface area contributed by atoms with Gasteiger partial charge in [-0.3, -0.25) is 9.59 Å². The molecule has 268 valence electrons. The third-order valence-electron chi connectivity index (χ3n) is 8.97. The number of H-pyrrole nitrogens is 1. The number of aromatic amines is 1. The molecule has 5 aromatic rings. The van der Waals surface area contributed by atoms with Crippen molar-refractivity contribution in [3.63, 3.8) is 0 Å². The van der Waals surface area contributed by atoms with E-state index in [1.807, 2.05) is 91.9 Å². The minimum atomic E-state index is -0.531. The number of aromatic nitrogens is 5. The maximum atomic E-state index is 13.3. The molecule has 0 unspecified atom stereocenters. The summed E-state index contributed by atoms with van der Waals surface area (Å²) in [5.41, 5.74) is 4.89. The van der Waals surface area contributed by atoms with Crippen molar-refractivity contribution in [3.8, 4) is 22.4 Å².